The molecular formula is C30H27IN2O6S2. The third kappa shape index (κ3) is 9.33. The van der Waals surface area contributed by atoms with Crippen LogP contribution in [0, 0.1) is 14.1 Å². The zero-order valence-electron chi connectivity index (χ0n) is 22.2. The van der Waals surface area contributed by atoms with Crippen molar-refractivity contribution < 1.29 is 48.4 Å². The fraction of sp³-hybridized carbons (Fsp3) is 0.133. The Morgan fingerprint density at radius 1 is 0.951 bits per heavy atom. The van der Waals surface area contributed by atoms with Gasteiger partial charge in [-0.05, 0) is 80.6 Å². The largest absolute Gasteiger partial charge is 0.744 e. The van der Waals surface area contributed by atoms with E-state index in [9.17, 15) is 17.8 Å². The van der Waals surface area contributed by atoms with Crippen molar-refractivity contribution in [3.63, 3.8) is 0 Å². The minimum atomic E-state index is -4.27. The molecule has 0 saturated heterocycles. The van der Waals surface area contributed by atoms with Gasteiger partial charge in [-0.15, -0.1) is 0 Å². The van der Waals surface area contributed by atoms with Crippen molar-refractivity contribution in [1.29, 1.82) is 0 Å². The topological polar surface area (TPSA) is 118 Å². The molecule has 11 heteroatoms. The Kier molecular flexibility index (Phi) is 10.8. The molecule has 1 aromatic heterocycles. The van der Waals surface area contributed by atoms with Crippen LogP contribution in [0.25, 0.3) is 10.2 Å². The van der Waals surface area contributed by atoms with Gasteiger partial charge in [0.2, 0.25) is 0 Å². The first kappa shape index (κ1) is 30.6. The Morgan fingerprint density at radius 3 is 2.29 bits per heavy atom. The summed E-state index contributed by atoms with van der Waals surface area (Å²) < 4.78 is 45.5. The zero-order valence-corrected chi connectivity index (χ0v) is 26.0. The SMILES string of the molecule is CCOCOc1ccc2nc(NC(=O)c3ccc([I+]c4ccccc4)cc3)sc2c1.Cc1ccc(S(=O)(=O)[O-])cc1. The van der Waals surface area contributed by atoms with E-state index < -0.39 is 10.1 Å². The highest BCUT2D eigenvalue weighted by Gasteiger charge is 2.16. The standard InChI is InChI=1S/C23H19IN2O3S.C7H8O3S/c1-2-28-15-29-19-12-13-20-21(14-19)30-23(25-20)26-22(27)16-8-10-18(11-9-16)24-17-6-4-3-5-7-17;1-6-2-4-7(5-3-6)11(8,9)10/h3-14H,2,15H2,1H3;2-5H,1H3,(H,8,9,10). The molecule has 0 fully saturated rings. The molecule has 0 aliphatic carbocycles. The number of nitrogens with one attached hydrogen (secondary N) is 1. The molecule has 0 aliphatic rings. The fourth-order valence-electron chi connectivity index (χ4n) is 3.38. The maximum atomic E-state index is 12.6. The second-order valence-electron chi connectivity index (χ2n) is 8.52. The number of carbonyl (C=O) groups excluding carboxylic acids is 1. The van der Waals surface area contributed by atoms with E-state index in [1.54, 1.807) is 12.1 Å². The van der Waals surface area contributed by atoms with Gasteiger partial charge in [-0.3, -0.25) is 10.1 Å². The summed E-state index contributed by atoms with van der Waals surface area (Å²) in [7, 11) is -4.27. The van der Waals surface area contributed by atoms with Gasteiger partial charge in [0.25, 0.3) is 5.91 Å². The van der Waals surface area contributed by atoms with Crippen molar-refractivity contribution in [1.82, 2.24) is 4.98 Å². The molecule has 41 heavy (non-hydrogen) atoms. The smallest absolute Gasteiger partial charge is 0.357 e. The number of hydrogen-bond acceptors (Lipinski definition) is 8. The number of benzene rings is 4. The highest BCUT2D eigenvalue weighted by atomic mass is 127. The lowest BCUT2D eigenvalue weighted by atomic mass is 10.2. The summed E-state index contributed by atoms with van der Waals surface area (Å²) in [6, 6.07) is 29.7. The van der Waals surface area contributed by atoms with Gasteiger partial charge < -0.3 is 14.0 Å². The minimum Gasteiger partial charge on any atom is -0.744 e. The number of nitrogens with zero attached hydrogens (tertiary/aromatic N) is 1. The monoisotopic (exact) mass is 702 g/mol. The molecule has 8 nitrogen and oxygen atoms in total. The van der Waals surface area contributed by atoms with E-state index in [0.29, 0.717) is 17.3 Å². The normalized spacial score (nSPS) is 11.0. The Bertz CT molecular complexity index is 1690. The van der Waals surface area contributed by atoms with E-state index in [1.165, 1.54) is 30.6 Å². The summed E-state index contributed by atoms with van der Waals surface area (Å²) in [6.07, 6.45) is 0. The number of aromatic nitrogens is 1. The molecule has 0 aliphatic heterocycles. The van der Waals surface area contributed by atoms with E-state index >= 15 is 0 Å². The molecular weight excluding hydrogens is 675 g/mol. The van der Waals surface area contributed by atoms with Crippen LogP contribution in [0.2, 0.25) is 0 Å². The summed E-state index contributed by atoms with van der Waals surface area (Å²) in [6.45, 7) is 4.56. The maximum absolute atomic E-state index is 12.6. The van der Waals surface area contributed by atoms with Gasteiger partial charge in [-0.1, -0.05) is 47.2 Å². The van der Waals surface area contributed by atoms with Crippen molar-refractivity contribution in [3.05, 3.63) is 115 Å². The number of carbonyl (C=O) groups is 1. The Balaban J connectivity index is 0.000000296. The molecule has 0 atom stereocenters. The van der Waals surface area contributed by atoms with E-state index in [-0.39, 0.29) is 38.8 Å². The highest BCUT2D eigenvalue weighted by molar-refractivity contribution is 7.85. The minimum absolute atomic E-state index is 0.161. The summed E-state index contributed by atoms with van der Waals surface area (Å²) >= 11 is 1.18. The number of rotatable bonds is 9. The highest BCUT2D eigenvalue weighted by Crippen LogP contribution is 2.29. The predicted molar refractivity (Wildman–Crippen MR) is 154 cm³/mol. The number of ether oxygens (including phenoxy) is 2. The lowest BCUT2D eigenvalue weighted by Gasteiger charge is -2.05. The quantitative estimate of drug-likeness (QED) is 0.109. The molecule has 1 heterocycles. The molecule has 1 amide bonds. The third-order valence-electron chi connectivity index (χ3n) is 5.46. The second kappa shape index (κ2) is 14.5. The summed E-state index contributed by atoms with van der Waals surface area (Å²) in [5, 5.41) is 3.47. The number of halogens is 1. The number of anilines is 1. The molecule has 0 spiro atoms. The van der Waals surface area contributed by atoms with Crippen LogP contribution in [0.5, 0.6) is 5.75 Å². The molecule has 5 aromatic rings. The molecule has 1 N–H and O–H groups in total. The first-order valence-electron chi connectivity index (χ1n) is 12.5. The lowest BCUT2D eigenvalue weighted by molar-refractivity contribution is -0.597. The van der Waals surface area contributed by atoms with Gasteiger partial charge in [0.1, 0.15) is 15.9 Å². The predicted octanol–water partition coefficient (Wildman–Crippen LogP) is 2.95. The van der Waals surface area contributed by atoms with Crippen LogP contribution < -0.4 is 31.3 Å². The average molecular weight is 703 g/mol. The second-order valence-corrected chi connectivity index (χ2v) is 14.0. The van der Waals surface area contributed by atoms with Crippen LogP contribution in [-0.4, -0.2) is 37.3 Å². The van der Waals surface area contributed by atoms with Crippen molar-refractivity contribution in [2.24, 2.45) is 0 Å². The van der Waals surface area contributed by atoms with Crippen molar-refractivity contribution in [2.75, 3.05) is 18.7 Å². The summed E-state index contributed by atoms with van der Waals surface area (Å²) in [5.74, 6) is 0.557. The van der Waals surface area contributed by atoms with Crippen LogP contribution in [-0.2, 0) is 14.9 Å². The van der Waals surface area contributed by atoms with E-state index in [0.717, 1.165) is 21.5 Å². The number of hydrogen-bond donors (Lipinski definition) is 1. The summed E-state index contributed by atoms with van der Waals surface area (Å²) in [5.41, 5.74) is 2.37. The number of aryl methyl sites for hydroxylation is 1. The zero-order chi connectivity index (χ0) is 29.2. The number of thiazole rings is 1. The van der Waals surface area contributed by atoms with Gasteiger partial charge >= 0.3 is 21.2 Å². The van der Waals surface area contributed by atoms with Crippen LogP contribution >= 0.6 is 11.3 Å². The van der Waals surface area contributed by atoms with Gasteiger partial charge in [-0.25, -0.2) is 13.4 Å². The van der Waals surface area contributed by atoms with Crippen molar-refractivity contribution in [2.45, 2.75) is 18.7 Å². The van der Waals surface area contributed by atoms with E-state index in [2.05, 4.69) is 34.6 Å². The maximum Gasteiger partial charge on any atom is 0.357 e. The van der Waals surface area contributed by atoms with Gasteiger partial charge in [-0.2, -0.15) is 0 Å². The molecule has 5 rings (SSSR count). The Hall–Kier alpha value is -3.36. The van der Waals surface area contributed by atoms with Crippen molar-refractivity contribution in [3.8, 4) is 5.75 Å². The first-order chi connectivity index (χ1) is 19.7. The Labute approximate surface area is 253 Å². The molecule has 0 bridgehead atoms. The van der Waals surface area contributed by atoms with E-state index in [4.69, 9.17) is 9.47 Å². The molecule has 212 valence electrons. The van der Waals surface area contributed by atoms with Crippen LogP contribution in [0.3, 0.4) is 0 Å². The first-order valence-corrected chi connectivity index (χ1v) is 16.8. The molecule has 4 aromatic carbocycles. The molecule has 0 unspecified atom stereocenters. The molecule has 0 saturated carbocycles. The third-order valence-corrected chi connectivity index (χ3v) is 9.93. The number of amides is 1. The van der Waals surface area contributed by atoms with Crippen LogP contribution in [0.4, 0.5) is 5.13 Å². The van der Waals surface area contributed by atoms with E-state index in [1.807, 2.05) is 62.4 Å². The Morgan fingerprint density at radius 2 is 1.63 bits per heavy atom. The number of fused-ring (bicyclic) bond motifs is 1. The fourth-order valence-corrected chi connectivity index (χ4v) is 6.96. The van der Waals surface area contributed by atoms with Gasteiger partial charge in [0.15, 0.2) is 19.1 Å². The van der Waals surface area contributed by atoms with Gasteiger partial charge in [0.05, 0.1) is 15.1 Å². The average Bonchev–Trinajstić information content (AvgIpc) is 3.36. The lowest BCUT2D eigenvalue weighted by Crippen LogP contribution is -3.61. The van der Waals surface area contributed by atoms with Gasteiger partial charge in [0, 0.05) is 12.2 Å². The van der Waals surface area contributed by atoms with Crippen LogP contribution in [0.1, 0.15) is 22.8 Å². The van der Waals surface area contributed by atoms with Crippen molar-refractivity contribution >= 4 is 42.7 Å². The molecule has 0 radical (unpaired) electrons. The summed E-state index contributed by atoms with van der Waals surface area (Å²) in [4.78, 5) is 16.9. The van der Waals surface area contributed by atoms with Crippen LogP contribution in [0.15, 0.2) is 102 Å².